The van der Waals surface area contributed by atoms with Crippen LogP contribution in [0.4, 0.5) is 0 Å². The van der Waals surface area contributed by atoms with Crippen LogP contribution in [0.2, 0.25) is 0 Å². The van der Waals surface area contributed by atoms with E-state index in [1.54, 1.807) is 0 Å². The van der Waals surface area contributed by atoms with E-state index in [1.165, 1.54) is 0 Å². The zero-order chi connectivity index (χ0) is 14.8. The van der Waals surface area contributed by atoms with E-state index < -0.39 is 5.54 Å². The summed E-state index contributed by atoms with van der Waals surface area (Å²) in [6, 6.07) is 2.51. The van der Waals surface area contributed by atoms with Gasteiger partial charge in [0.15, 0.2) is 0 Å². The molecule has 0 spiro atoms. The van der Waals surface area contributed by atoms with Gasteiger partial charge >= 0.3 is 5.97 Å². The fraction of sp³-hybridized carbons (Fsp3) is 0.733. The highest BCUT2D eigenvalue weighted by molar-refractivity contribution is 5.81. The molecule has 0 amide bonds. The van der Waals surface area contributed by atoms with Crippen molar-refractivity contribution in [2.45, 2.75) is 64.6 Å². The largest absolute Gasteiger partial charge is 0.465 e. The van der Waals surface area contributed by atoms with Crippen molar-refractivity contribution >= 4 is 5.97 Å². The first kappa shape index (κ1) is 15.0. The van der Waals surface area contributed by atoms with E-state index in [1.807, 2.05) is 30.8 Å². The standard InChI is InChI=1S/C15H25N3O2/c1-5-20-14(19)15(16-11(2)3)8-6-13(10-15)18-9-7-12(4)17-18/h7,9,11,13,16H,5-6,8,10H2,1-4H3. The van der Waals surface area contributed by atoms with E-state index in [-0.39, 0.29) is 18.1 Å². The normalized spacial score (nSPS) is 26.1. The monoisotopic (exact) mass is 279 g/mol. The lowest BCUT2D eigenvalue weighted by Crippen LogP contribution is -2.53. The molecule has 0 aliphatic heterocycles. The lowest BCUT2D eigenvalue weighted by molar-refractivity contribution is -0.151. The van der Waals surface area contributed by atoms with Gasteiger partial charge in [-0.25, -0.2) is 0 Å². The number of hydrogen-bond acceptors (Lipinski definition) is 4. The maximum absolute atomic E-state index is 12.4. The second-order valence-electron chi connectivity index (χ2n) is 5.94. The Morgan fingerprint density at radius 1 is 1.65 bits per heavy atom. The molecule has 1 aromatic heterocycles. The summed E-state index contributed by atoms with van der Waals surface area (Å²) in [5, 5.41) is 7.91. The minimum atomic E-state index is -0.561. The number of carbonyl (C=O) groups is 1. The molecule has 2 unspecified atom stereocenters. The van der Waals surface area contributed by atoms with Gasteiger partial charge in [0.05, 0.1) is 18.3 Å². The molecule has 5 nitrogen and oxygen atoms in total. The molecule has 1 saturated carbocycles. The number of aryl methyl sites for hydroxylation is 1. The van der Waals surface area contributed by atoms with Crippen molar-refractivity contribution in [3.8, 4) is 0 Å². The molecule has 0 radical (unpaired) electrons. The van der Waals surface area contributed by atoms with Crippen LogP contribution < -0.4 is 5.32 Å². The van der Waals surface area contributed by atoms with Crippen LogP contribution in [0.15, 0.2) is 12.3 Å². The predicted octanol–water partition coefficient (Wildman–Crippen LogP) is 2.22. The van der Waals surface area contributed by atoms with E-state index >= 15 is 0 Å². The van der Waals surface area contributed by atoms with Crippen molar-refractivity contribution < 1.29 is 9.53 Å². The Hall–Kier alpha value is -1.36. The molecular formula is C15H25N3O2. The van der Waals surface area contributed by atoms with Crippen LogP contribution in [0.5, 0.6) is 0 Å². The Kier molecular flexibility index (Phi) is 4.48. The summed E-state index contributed by atoms with van der Waals surface area (Å²) in [6.07, 6.45) is 4.48. The van der Waals surface area contributed by atoms with Crippen LogP contribution in [0.3, 0.4) is 0 Å². The number of carbonyl (C=O) groups excluding carboxylic acids is 1. The quantitative estimate of drug-likeness (QED) is 0.840. The van der Waals surface area contributed by atoms with Gasteiger partial charge in [0.25, 0.3) is 0 Å². The number of nitrogens with zero attached hydrogens (tertiary/aromatic N) is 2. The van der Waals surface area contributed by atoms with Gasteiger partial charge in [-0.3, -0.25) is 14.8 Å². The third-order valence-corrected chi connectivity index (χ3v) is 3.84. The van der Waals surface area contributed by atoms with Gasteiger partial charge in [0.1, 0.15) is 5.54 Å². The Morgan fingerprint density at radius 2 is 2.40 bits per heavy atom. The molecule has 1 fully saturated rings. The van der Waals surface area contributed by atoms with Crippen molar-refractivity contribution in [1.82, 2.24) is 15.1 Å². The van der Waals surface area contributed by atoms with Crippen molar-refractivity contribution in [3.05, 3.63) is 18.0 Å². The van der Waals surface area contributed by atoms with Gasteiger partial charge < -0.3 is 4.74 Å². The maximum atomic E-state index is 12.4. The second kappa shape index (κ2) is 5.95. The summed E-state index contributed by atoms with van der Waals surface area (Å²) in [4.78, 5) is 12.4. The molecule has 0 aromatic carbocycles. The van der Waals surface area contributed by atoms with Gasteiger partial charge in [0.2, 0.25) is 0 Å². The summed E-state index contributed by atoms with van der Waals surface area (Å²) in [5.41, 5.74) is 0.449. The van der Waals surface area contributed by atoms with Gasteiger partial charge in [0, 0.05) is 12.2 Å². The van der Waals surface area contributed by atoms with Crippen molar-refractivity contribution in [2.24, 2.45) is 0 Å². The third kappa shape index (κ3) is 3.03. The Morgan fingerprint density at radius 3 is 2.95 bits per heavy atom. The zero-order valence-electron chi connectivity index (χ0n) is 12.8. The van der Waals surface area contributed by atoms with Gasteiger partial charge in [-0.05, 0) is 53.0 Å². The minimum absolute atomic E-state index is 0.125. The molecule has 5 heteroatoms. The fourth-order valence-electron chi connectivity index (χ4n) is 3.08. The summed E-state index contributed by atoms with van der Waals surface area (Å²) >= 11 is 0. The number of hydrogen-bond donors (Lipinski definition) is 1. The first-order valence-electron chi connectivity index (χ1n) is 7.43. The highest BCUT2D eigenvalue weighted by Crippen LogP contribution is 2.38. The van der Waals surface area contributed by atoms with Crippen molar-refractivity contribution in [3.63, 3.8) is 0 Å². The number of aromatic nitrogens is 2. The second-order valence-corrected chi connectivity index (χ2v) is 5.94. The minimum Gasteiger partial charge on any atom is -0.465 e. The van der Waals surface area contributed by atoms with Crippen LogP contribution >= 0.6 is 0 Å². The van der Waals surface area contributed by atoms with E-state index in [4.69, 9.17) is 4.74 Å². The molecular weight excluding hydrogens is 254 g/mol. The summed E-state index contributed by atoms with van der Waals surface area (Å²) in [5.74, 6) is -0.125. The molecule has 1 N–H and O–H groups in total. The third-order valence-electron chi connectivity index (χ3n) is 3.84. The van der Waals surface area contributed by atoms with E-state index in [9.17, 15) is 4.79 Å². The first-order valence-corrected chi connectivity index (χ1v) is 7.43. The molecule has 20 heavy (non-hydrogen) atoms. The topological polar surface area (TPSA) is 56.1 Å². The van der Waals surface area contributed by atoms with Crippen LogP contribution in [0.1, 0.15) is 51.8 Å². The summed E-state index contributed by atoms with van der Waals surface area (Å²) in [7, 11) is 0. The van der Waals surface area contributed by atoms with Crippen LogP contribution in [0.25, 0.3) is 0 Å². The van der Waals surface area contributed by atoms with E-state index in [0.29, 0.717) is 6.61 Å². The number of nitrogens with one attached hydrogen (secondary N) is 1. The molecule has 0 bridgehead atoms. The van der Waals surface area contributed by atoms with Gasteiger partial charge in [-0.15, -0.1) is 0 Å². The average molecular weight is 279 g/mol. The Balaban J connectivity index is 2.16. The zero-order valence-corrected chi connectivity index (χ0v) is 12.8. The molecule has 1 aliphatic rings. The Bertz CT molecular complexity index is 469. The van der Waals surface area contributed by atoms with E-state index in [0.717, 1.165) is 25.0 Å². The molecule has 0 saturated heterocycles. The molecule has 2 atom stereocenters. The first-order chi connectivity index (χ1) is 9.47. The van der Waals surface area contributed by atoms with Gasteiger partial charge in [-0.1, -0.05) is 0 Å². The highest BCUT2D eigenvalue weighted by atomic mass is 16.5. The highest BCUT2D eigenvalue weighted by Gasteiger charge is 2.47. The summed E-state index contributed by atoms with van der Waals surface area (Å²) < 4.78 is 7.27. The lowest BCUT2D eigenvalue weighted by Gasteiger charge is -2.30. The summed E-state index contributed by atoms with van der Waals surface area (Å²) in [6.45, 7) is 8.38. The smallest absolute Gasteiger partial charge is 0.326 e. The van der Waals surface area contributed by atoms with Crippen LogP contribution in [0, 0.1) is 6.92 Å². The number of esters is 1. The molecule has 1 aromatic rings. The molecule has 1 heterocycles. The molecule has 1 aliphatic carbocycles. The Labute approximate surface area is 120 Å². The van der Waals surface area contributed by atoms with Crippen molar-refractivity contribution in [1.29, 1.82) is 0 Å². The predicted molar refractivity (Wildman–Crippen MR) is 77.5 cm³/mol. The van der Waals surface area contributed by atoms with Crippen molar-refractivity contribution in [2.75, 3.05) is 6.61 Å². The average Bonchev–Trinajstić information content (AvgIpc) is 2.96. The number of rotatable bonds is 5. The molecule has 2 rings (SSSR count). The van der Waals surface area contributed by atoms with Crippen LogP contribution in [-0.4, -0.2) is 33.9 Å². The lowest BCUT2D eigenvalue weighted by atomic mass is 9.96. The maximum Gasteiger partial charge on any atom is 0.326 e. The van der Waals surface area contributed by atoms with E-state index in [2.05, 4.69) is 24.3 Å². The number of ether oxygens (including phenoxy) is 1. The van der Waals surface area contributed by atoms with Crippen LogP contribution in [-0.2, 0) is 9.53 Å². The SMILES string of the molecule is CCOC(=O)C1(NC(C)C)CCC(n2ccc(C)n2)C1. The van der Waals surface area contributed by atoms with Gasteiger partial charge in [-0.2, -0.15) is 5.10 Å². The fourth-order valence-corrected chi connectivity index (χ4v) is 3.08. The molecule has 112 valence electrons.